The zero-order valence-corrected chi connectivity index (χ0v) is 11.0. The van der Waals surface area contributed by atoms with Gasteiger partial charge in [-0.15, -0.1) is 0 Å². The monoisotopic (exact) mass is 220 g/mol. The zero-order chi connectivity index (χ0) is 11.9. The van der Waals surface area contributed by atoms with E-state index < -0.39 is 0 Å². The van der Waals surface area contributed by atoms with E-state index in [4.69, 9.17) is 0 Å². The molecule has 0 aliphatic heterocycles. The van der Waals surface area contributed by atoms with Gasteiger partial charge >= 0.3 is 0 Å². The summed E-state index contributed by atoms with van der Waals surface area (Å²) in [6.07, 6.45) is 4.56. The highest BCUT2D eigenvalue weighted by Gasteiger charge is 2.38. The molecular formula is C15H24O. The summed E-state index contributed by atoms with van der Waals surface area (Å²) in [7, 11) is 0. The molecule has 0 aromatic rings. The van der Waals surface area contributed by atoms with Gasteiger partial charge in [0.2, 0.25) is 0 Å². The van der Waals surface area contributed by atoms with Gasteiger partial charge in [-0.05, 0) is 55.4 Å². The Kier molecular flexibility index (Phi) is 3.23. The zero-order valence-electron chi connectivity index (χ0n) is 11.0. The van der Waals surface area contributed by atoms with Crippen LogP contribution in [0.4, 0.5) is 0 Å². The summed E-state index contributed by atoms with van der Waals surface area (Å²) in [5, 5.41) is 0. The van der Waals surface area contributed by atoms with Gasteiger partial charge in [-0.3, -0.25) is 4.79 Å². The molecule has 0 aromatic carbocycles. The topological polar surface area (TPSA) is 17.1 Å². The van der Waals surface area contributed by atoms with Crippen molar-refractivity contribution in [3.63, 3.8) is 0 Å². The molecule has 0 heterocycles. The highest BCUT2D eigenvalue weighted by Crippen LogP contribution is 2.46. The Morgan fingerprint density at radius 3 is 2.62 bits per heavy atom. The maximum atomic E-state index is 12.0. The Balaban J connectivity index is 2.32. The van der Waals surface area contributed by atoms with E-state index in [0.717, 1.165) is 17.9 Å². The minimum Gasteiger partial charge on any atom is -0.295 e. The lowest BCUT2D eigenvalue weighted by molar-refractivity contribution is -0.118. The fraction of sp³-hybridized carbons (Fsp3) is 0.800. The Morgan fingerprint density at radius 2 is 2.00 bits per heavy atom. The first-order valence-electron chi connectivity index (χ1n) is 6.73. The Morgan fingerprint density at radius 1 is 1.31 bits per heavy atom. The number of fused-ring (bicyclic) bond motifs is 1. The molecule has 0 saturated heterocycles. The molecule has 2 aliphatic rings. The molecule has 1 fully saturated rings. The summed E-state index contributed by atoms with van der Waals surface area (Å²) < 4.78 is 0. The minimum atomic E-state index is 0.416. The van der Waals surface area contributed by atoms with Crippen molar-refractivity contribution in [2.45, 2.75) is 53.4 Å². The molecule has 0 bridgehead atoms. The van der Waals surface area contributed by atoms with Gasteiger partial charge in [-0.25, -0.2) is 0 Å². The van der Waals surface area contributed by atoms with E-state index >= 15 is 0 Å². The lowest BCUT2D eigenvalue weighted by Crippen LogP contribution is -2.34. The maximum Gasteiger partial charge on any atom is 0.158 e. The molecule has 0 spiro atoms. The fourth-order valence-corrected chi connectivity index (χ4v) is 3.57. The van der Waals surface area contributed by atoms with E-state index in [1.165, 1.54) is 24.8 Å². The molecule has 2 aliphatic carbocycles. The summed E-state index contributed by atoms with van der Waals surface area (Å²) in [4.78, 5) is 12.0. The number of rotatable bonds is 1. The van der Waals surface area contributed by atoms with E-state index in [-0.39, 0.29) is 0 Å². The predicted molar refractivity (Wildman–Crippen MR) is 67.2 cm³/mol. The van der Waals surface area contributed by atoms with Crippen LogP contribution in [-0.4, -0.2) is 5.78 Å². The number of Topliss-reactive ketones (excluding diaryl/α,β-unsaturated/α-hetero) is 1. The second-order valence-electron chi connectivity index (χ2n) is 6.17. The van der Waals surface area contributed by atoms with Gasteiger partial charge in [-0.1, -0.05) is 26.3 Å². The summed E-state index contributed by atoms with van der Waals surface area (Å²) in [6, 6.07) is 0. The Labute approximate surface area is 99.3 Å². The van der Waals surface area contributed by atoms with Crippen molar-refractivity contribution in [2.75, 3.05) is 0 Å². The molecule has 1 saturated carbocycles. The van der Waals surface area contributed by atoms with Crippen molar-refractivity contribution in [1.29, 1.82) is 0 Å². The third-order valence-corrected chi connectivity index (χ3v) is 4.70. The van der Waals surface area contributed by atoms with Gasteiger partial charge < -0.3 is 0 Å². The number of ketones is 1. The van der Waals surface area contributed by atoms with E-state index in [2.05, 4.69) is 27.7 Å². The van der Waals surface area contributed by atoms with E-state index in [9.17, 15) is 4.79 Å². The SMILES string of the molecule is CC1=C2CC[C@@H](C)C[C@@H]2[C@@H](C(C)C)CC1=O. The molecule has 16 heavy (non-hydrogen) atoms. The van der Waals surface area contributed by atoms with Crippen molar-refractivity contribution >= 4 is 5.78 Å². The Hall–Kier alpha value is -0.590. The summed E-state index contributed by atoms with van der Waals surface area (Å²) in [5.74, 6) is 3.22. The first-order valence-corrected chi connectivity index (χ1v) is 6.73. The molecule has 0 unspecified atom stereocenters. The normalized spacial score (nSPS) is 35.6. The van der Waals surface area contributed by atoms with Crippen LogP contribution in [0.3, 0.4) is 0 Å². The maximum absolute atomic E-state index is 12.0. The van der Waals surface area contributed by atoms with Gasteiger partial charge in [0, 0.05) is 6.42 Å². The number of hydrogen-bond donors (Lipinski definition) is 0. The van der Waals surface area contributed by atoms with Gasteiger partial charge in [0.15, 0.2) is 5.78 Å². The minimum absolute atomic E-state index is 0.416. The third kappa shape index (κ3) is 1.97. The smallest absolute Gasteiger partial charge is 0.158 e. The highest BCUT2D eigenvalue weighted by molar-refractivity contribution is 5.96. The molecule has 0 amide bonds. The van der Waals surface area contributed by atoms with Crippen LogP contribution >= 0.6 is 0 Å². The quantitative estimate of drug-likeness (QED) is 0.653. The molecule has 2 rings (SSSR count). The molecular weight excluding hydrogens is 196 g/mol. The van der Waals surface area contributed by atoms with Crippen molar-refractivity contribution in [3.05, 3.63) is 11.1 Å². The molecule has 3 atom stereocenters. The number of carbonyl (C=O) groups is 1. The average Bonchev–Trinajstić information content (AvgIpc) is 2.22. The predicted octanol–water partition coefficient (Wildman–Crippen LogP) is 3.98. The average molecular weight is 220 g/mol. The molecule has 0 aromatic heterocycles. The van der Waals surface area contributed by atoms with Crippen LogP contribution < -0.4 is 0 Å². The van der Waals surface area contributed by atoms with Gasteiger partial charge in [-0.2, -0.15) is 0 Å². The fourth-order valence-electron chi connectivity index (χ4n) is 3.57. The summed E-state index contributed by atoms with van der Waals surface area (Å²) >= 11 is 0. The van der Waals surface area contributed by atoms with Crippen molar-refractivity contribution in [3.8, 4) is 0 Å². The van der Waals surface area contributed by atoms with Crippen LogP contribution in [0, 0.1) is 23.7 Å². The van der Waals surface area contributed by atoms with Gasteiger partial charge in [0.05, 0.1) is 0 Å². The van der Waals surface area contributed by atoms with Crippen LogP contribution in [-0.2, 0) is 4.79 Å². The lowest BCUT2D eigenvalue weighted by atomic mass is 9.63. The van der Waals surface area contributed by atoms with E-state index in [0.29, 0.717) is 23.5 Å². The third-order valence-electron chi connectivity index (χ3n) is 4.70. The molecule has 0 radical (unpaired) electrons. The Bertz CT molecular complexity index is 324. The first kappa shape index (κ1) is 11.9. The van der Waals surface area contributed by atoms with Crippen LogP contribution in [0.2, 0.25) is 0 Å². The highest BCUT2D eigenvalue weighted by atomic mass is 16.1. The molecule has 0 N–H and O–H groups in total. The molecule has 90 valence electrons. The first-order chi connectivity index (χ1) is 7.50. The van der Waals surface area contributed by atoms with Crippen LogP contribution in [0.15, 0.2) is 11.1 Å². The van der Waals surface area contributed by atoms with Crippen LogP contribution in [0.25, 0.3) is 0 Å². The van der Waals surface area contributed by atoms with Gasteiger partial charge in [0.25, 0.3) is 0 Å². The van der Waals surface area contributed by atoms with Crippen molar-refractivity contribution in [2.24, 2.45) is 23.7 Å². The van der Waals surface area contributed by atoms with Crippen molar-refractivity contribution < 1.29 is 4.79 Å². The molecule has 1 heteroatoms. The standard InChI is InChI=1S/C15H24O/c1-9(2)13-8-15(16)11(4)12-6-5-10(3)7-14(12)13/h9-10,13-14H,5-8H2,1-4H3/t10-,13-,14+/m1/s1. The second kappa shape index (κ2) is 4.35. The summed E-state index contributed by atoms with van der Waals surface area (Å²) in [6.45, 7) is 8.96. The number of carbonyl (C=O) groups excluding carboxylic acids is 1. The van der Waals surface area contributed by atoms with E-state index in [1.807, 2.05) is 0 Å². The molecule has 1 nitrogen and oxygen atoms in total. The van der Waals surface area contributed by atoms with Gasteiger partial charge in [0.1, 0.15) is 0 Å². The van der Waals surface area contributed by atoms with Crippen LogP contribution in [0.1, 0.15) is 53.4 Å². The number of allylic oxidation sites excluding steroid dienone is 2. The lowest BCUT2D eigenvalue weighted by Gasteiger charge is -2.41. The number of hydrogen-bond acceptors (Lipinski definition) is 1. The van der Waals surface area contributed by atoms with Crippen LogP contribution in [0.5, 0.6) is 0 Å². The summed E-state index contributed by atoms with van der Waals surface area (Å²) in [5.41, 5.74) is 2.61. The van der Waals surface area contributed by atoms with E-state index in [1.54, 1.807) is 0 Å². The largest absolute Gasteiger partial charge is 0.295 e. The van der Waals surface area contributed by atoms with Crippen molar-refractivity contribution in [1.82, 2.24) is 0 Å². The second-order valence-corrected chi connectivity index (χ2v) is 6.17.